The minimum Gasteiger partial charge on any atom is -0.399 e. The van der Waals surface area contributed by atoms with Crippen LogP contribution in [0.2, 0.25) is 0 Å². The largest absolute Gasteiger partial charge is 0.399 e. The number of carbonyl (C=O) groups excluding carboxylic acids is 1. The molecule has 2 N–H and O–H groups in total. The summed E-state index contributed by atoms with van der Waals surface area (Å²) >= 11 is 3.41. The Labute approximate surface area is 121 Å². The molecular formula is C16H16BrNO. The smallest absolute Gasteiger partial charge is 0.173 e. The molecule has 0 amide bonds. The average Bonchev–Trinajstić information content (AvgIpc) is 2.39. The Morgan fingerprint density at radius 2 is 1.74 bits per heavy atom. The normalized spacial score (nSPS) is 11.3. The fourth-order valence-corrected chi connectivity index (χ4v) is 2.61. The van der Waals surface area contributed by atoms with Crippen molar-refractivity contribution in [3.63, 3.8) is 0 Å². The van der Waals surface area contributed by atoms with Gasteiger partial charge in [-0.2, -0.15) is 0 Å². The summed E-state index contributed by atoms with van der Waals surface area (Å²) in [7, 11) is 0. The van der Waals surface area contributed by atoms with E-state index in [0.717, 1.165) is 10.0 Å². The first-order valence-corrected chi connectivity index (χ1v) is 6.87. The van der Waals surface area contributed by atoms with Gasteiger partial charge in [-0.3, -0.25) is 4.79 Å². The monoisotopic (exact) mass is 317 g/mol. The van der Waals surface area contributed by atoms with Gasteiger partial charge in [0.25, 0.3) is 0 Å². The molecule has 2 nitrogen and oxygen atoms in total. The molecule has 19 heavy (non-hydrogen) atoms. The molecular weight excluding hydrogens is 302 g/mol. The van der Waals surface area contributed by atoms with Crippen molar-refractivity contribution in [2.45, 2.75) is 19.3 Å². The number of rotatable bonds is 3. The maximum Gasteiger partial charge on any atom is 0.173 e. The van der Waals surface area contributed by atoms with Crippen LogP contribution in [0.5, 0.6) is 0 Å². The lowest BCUT2D eigenvalue weighted by atomic mass is 9.78. The lowest BCUT2D eigenvalue weighted by Gasteiger charge is -2.24. The number of ketones is 1. The van der Waals surface area contributed by atoms with Gasteiger partial charge in [-0.1, -0.05) is 30.3 Å². The molecule has 0 heterocycles. The van der Waals surface area contributed by atoms with Gasteiger partial charge in [0.15, 0.2) is 5.78 Å². The highest BCUT2D eigenvalue weighted by Gasteiger charge is 2.31. The van der Waals surface area contributed by atoms with Crippen molar-refractivity contribution in [2.24, 2.45) is 0 Å². The van der Waals surface area contributed by atoms with Gasteiger partial charge >= 0.3 is 0 Å². The van der Waals surface area contributed by atoms with E-state index in [2.05, 4.69) is 15.9 Å². The Kier molecular flexibility index (Phi) is 3.76. The van der Waals surface area contributed by atoms with Crippen molar-refractivity contribution in [3.8, 4) is 0 Å². The van der Waals surface area contributed by atoms with Gasteiger partial charge in [0.05, 0.1) is 5.41 Å². The van der Waals surface area contributed by atoms with Crippen molar-refractivity contribution in [2.75, 3.05) is 5.73 Å². The van der Waals surface area contributed by atoms with E-state index in [-0.39, 0.29) is 5.78 Å². The molecule has 2 aromatic carbocycles. The number of hydrogen-bond acceptors (Lipinski definition) is 2. The summed E-state index contributed by atoms with van der Waals surface area (Å²) in [6, 6.07) is 15.1. The maximum absolute atomic E-state index is 12.7. The number of nitrogens with two attached hydrogens (primary N) is 1. The average molecular weight is 318 g/mol. The van der Waals surface area contributed by atoms with Crippen LogP contribution in [-0.4, -0.2) is 5.78 Å². The molecule has 0 radical (unpaired) electrons. The zero-order chi connectivity index (χ0) is 14.0. The zero-order valence-corrected chi connectivity index (χ0v) is 12.6. The van der Waals surface area contributed by atoms with E-state index in [9.17, 15) is 4.79 Å². The van der Waals surface area contributed by atoms with Crippen molar-refractivity contribution in [3.05, 3.63) is 64.1 Å². The topological polar surface area (TPSA) is 43.1 Å². The number of carbonyl (C=O) groups is 1. The summed E-state index contributed by atoms with van der Waals surface area (Å²) in [5.74, 6) is 0.0746. The van der Waals surface area contributed by atoms with Crippen LogP contribution in [0.3, 0.4) is 0 Å². The number of halogens is 1. The van der Waals surface area contributed by atoms with E-state index in [4.69, 9.17) is 5.73 Å². The molecule has 0 unspecified atom stereocenters. The van der Waals surface area contributed by atoms with E-state index < -0.39 is 5.41 Å². The third kappa shape index (κ3) is 2.71. The predicted octanol–water partition coefficient (Wildman–Crippen LogP) is 4.19. The SMILES string of the molecule is CC(C)(C(=O)c1ccc(N)cc1Br)c1ccccc1. The molecule has 0 fully saturated rings. The Morgan fingerprint density at radius 3 is 2.32 bits per heavy atom. The van der Waals surface area contributed by atoms with E-state index in [1.54, 1.807) is 18.2 Å². The molecule has 0 aliphatic rings. The number of benzene rings is 2. The fraction of sp³-hybridized carbons (Fsp3) is 0.188. The van der Waals surface area contributed by atoms with Crippen LogP contribution in [0.25, 0.3) is 0 Å². The zero-order valence-electron chi connectivity index (χ0n) is 11.0. The summed E-state index contributed by atoms with van der Waals surface area (Å²) in [4.78, 5) is 12.7. The van der Waals surface area contributed by atoms with E-state index in [1.165, 1.54) is 0 Å². The van der Waals surface area contributed by atoms with Crippen LogP contribution >= 0.6 is 15.9 Å². The third-order valence-electron chi connectivity index (χ3n) is 3.30. The molecule has 0 saturated heterocycles. The summed E-state index contributed by atoms with van der Waals surface area (Å²) in [6.45, 7) is 3.88. The van der Waals surface area contributed by atoms with E-state index in [0.29, 0.717) is 11.3 Å². The highest BCUT2D eigenvalue weighted by Crippen LogP contribution is 2.31. The maximum atomic E-state index is 12.7. The summed E-state index contributed by atoms with van der Waals surface area (Å²) in [5, 5.41) is 0. The van der Waals surface area contributed by atoms with Gasteiger partial charge in [0.2, 0.25) is 0 Å². The highest BCUT2D eigenvalue weighted by molar-refractivity contribution is 9.10. The number of Topliss-reactive ketones (excluding diaryl/α,β-unsaturated/α-hetero) is 1. The lowest BCUT2D eigenvalue weighted by Crippen LogP contribution is -2.29. The summed E-state index contributed by atoms with van der Waals surface area (Å²) < 4.78 is 0.738. The van der Waals surface area contributed by atoms with Crippen molar-refractivity contribution in [1.29, 1.82) is 0 Å². The van der Waals surface area contributed by atoms with Crippen molar-refractivity contribution in [1.82, 2.24) is 0 Å². The number of anilines is 1. The van der Waals surface area contributed by atoms with Crippen LogP contribution < -0.4 is 5.73 Å². The molecule has 0 bridgehead atoms. The minimum atomic E-state index is -0.570. The van der Waals surface area contributed by atoms with Crippen molar-refractivity contribution >= 4 is 27.4 Å². The molecule has 2 aromatic rings. The van der Waals surface area contributed by atoms with Gasteiger partial charge < -0.3 is 5.73 Å². The highest BCUT2D eigenvalue weighted by atomic mass is 79.9. The minimum absolute atomic E-state index is 0.0746. The number of hydrogen-bond donors (Lipinski definition) is 1. The summed E-state index contributed by atoms with van der Waals surface area (Å²) in [6.07, 6.45) is 0. The van der Waals surface area contributed by atoms with Crippen LogP contribution in [0, 0.1) is 0 Å². The second-order valence-electron chi connectivity index (χ2n) is 5.06. The molecule has 3 heteroatoms. The molecule has 0 atom stereocenters. The first-order chi connectivity index (χ1) is 8.93. The first kappa shape index (κ1) is 13.8. The molecule has 98 valence electrons. The molecule has 0 aromatic heterocycles. The van der Waals surface area contributed by atoms with Crippen LogP contribution in [0.1, 0.15) is 29.8 Å². The van der Waals surface area contributed by atoms with Crippen LogP contribution in [0.4, 0.5) is 5.69 Å². The van der Waals surface area contributed by atoms with E-state index >= 15 is 0 Å². The third-order valence-corrected chi connectivity index (χ3v) is 3.96. The van der Waals surface area contributed by atoms with Gasteiger partial charge in [-0.15, -0.1) is 0 Å². The van der Waals surface area contributed by atoms with E-state index in [1.807, 2.05) is 44.2 Å². The van der Waals surface area contributed by atoms with Gasteiger partial charge in [0, 0.05) is 15.7 Å². The Hall–Kier alpha value is -1.61. The molecule has 2 rings (SSSR count). The van der Waals surface area contributed by atoms with Gasteiger partial charge in [0.1, 0.15) is 0 Å². The predicted molar refractivity (Wildman–Crippen MR) is 82.4 cm³/mol. The molecule has 0 spiro atoms. The van der Waals surface area contributed by atoms with Crippen LogP contribution in [0.15, 0.2) is 53.0 Å². The first-order valence-electron chi connectivity index (χ1n) is 6.08. The quantitative estimate of drug-likeness (QED) is 0.681. The standard InChI is InChI=1S/C16H16BrNO/c1-16(2,11-6-4-3-5-7-11)15(19)13-9-8-12(18)10-14(13)17/h3-10H,18H2,1-2H3. The van der Waals surface area contributed by atoms with Gasteiger partial charge in [-0.05, 0) is 53.5 Å². The van der Waals surface area contributed by atoms with Gasteiger partial charge in [-0.25, -0.2) is 0 Å². The lowest BCUT2D eigenvalue weighted by molar-refractivity contribution is 0.0908. The Morgan fingerprint density at radius 1 is 1.11 bits per heavy atom. The molecule has 0 aliphatic carbocycles. The summed E-state index contributed by atoms with van der Waals surface area (Å²) in [5.41, 5.74) is 7.44. The Bertz CT molecular complexity index is 605. The van der Waals surface area contributed by atoms with Crippen LogP contribution in [-0.2, 0) is 5.41 Å². The number of nitrogen functional groups attached to an aromatic ring is 1. The molecule has 0 aliphatic heterocycles. The molecule has 0 saturated carbocycles. The van der Waals surface area contributed by atoms with Crippen molar-refractivity contribution < 1.29 is 4.79 Å². The second-order valence-corrected chi connectivity index (χ2v) is 5.91. The Balaban J connectivity index is 2.43. The second kappa shape index (κ2) is 5.17. The fourth-order valence-electron chi connectivity index (χ4n) is 2.04.